The number of halogens is 2. The molecular formula is C20H28Cl2N6. The van der Waals surface area contributed by atoms with Crippen LogP contribution in [0.2, 0.25) is 5.02 Å². The minimum Gasteiger partial charge on any atom is -0.338 e. The molecule has 6 nitrogen and oxygen atoms in total. The Balaban J connectivity index is 0.00000225. The number of nitrogens with one attached hydrogen (secondary N) is 1. The lowest BCUT2D eigenvalue weighted by atomic mass is 10.0. The second-order valence-electron chi connectivity index (χ2n) is 7.43. The van der Waals surface area contributed by atoms with E-state index < -0.39 is 0 Å². The van der Waals surface area contributed by atoms with E-state index in [2.05, 4.69) is 49.2 Å². The quantitative estimate of drug-likeness (QED) is 0.816. The molecule has 0 aliphatic carbocycles. The summed E-state index contributed by atoms with van der Waals surface area (Å²) in [6.07, 6.45) is 3.97. The van der Waals surface area contributed by atoms with Gasteiger partial charge in [0.1, 0.15) is 0 Å². The third-order valence-electron chi connectivity index (χ3n) is 5.45. The maximum Gasteiger partial charge on any atom is 0.225 e. The molecule has 8 heteroatoms. The van der Waals surface area contributed by atoms with Crippen LogP contribution in [0.5, 0.6) is 0 Å². The molecule has 1 aromatic heterocycles. The van der Waals surface area contributed by atoms with Crippen molar-refractivity contribution in [2.75, 3.05) is 57.8 Å². The van der Waals surface area contributed by atoms with Crippen molar-refractivity contribution >= 4 is 30.0 Å². The predicted octanol–water partition coefficient (Wildman–Crippen LogP) is 2.45. The Hall–Kier alpha value is -1.44. The molecule has 0 spiro atoms. The summed E-state index contributed by atoms with van der Waals surface area (Å²) < 4.78 is 0. The Kier molecular flexibility index (Phi) is 7.48. The summed E-state index contributed by atoms with van der Waals surface area (Å²) in [5.74, 6) is 0.846. The summed E-state index contributed by atoms with van der Waals surface area (Å²) >= 11 is 6.21. The van der Waals surface area contributed by atoms with Crippen molar-refractivity contribution in [1.82, 2.24) is 25.1 Å². The lowest BCUT2D eigenvalue weighted by Crippen LogP contribution is -2.45. The SMILES string of the molecule is CN1CCN(c2ncc(CN3CCNCC3c3cccc(Cl)c3)cn2)CC1.Cl. The second-order valence-corrected chi connectivity index (χ2v) is 7.86. The number of rotatable bonds is 4. The van der Waals surface area contributed by atoms with Crippen molar-refractivity contribution in [2.45, 2.75) is 12.6 Å². The van der Waals surface area contributed by atoms with Gasteiger partial charge >= 0.3 is 0 Å². The number of piperazine rings is 2. The van der Waals surface area contributed by atoms with Crippen LogP contribution in [0.3, 0.4) is 0 Å². The van der Waals surface area contributed by atoms with Crippen LogP contribution in [0, 0.1) is 0 Å². The van der Waals surface area contributed by atoms with Crippen LogP contribution in [-0.4, -0.2) is 72.6 Å². The van der Waals surface area contributed by atoms with Gasteiger partial charge in [0.05, 0.1) is 0 Å². The fraction of sp³-hybridized carbons (Fsp3) is 0.500. The average Bonchev–Trinajstić information content (AvgIpc) is 2.70. The Labute approximate surface area is 178 Å². The van der Waals surface area contributed by atoms with Gasteiger partial charge in [-0.15, -0.1) is 12.4 Å². The second kappa shape index (κ2) is 9.85. The summed E-state index contributed by atoms with van der Waals surface area (Å²) in [6, 6.07) is 8.49. The molecule has 1 atom stereocenters. The first-order valence-electron chi connectivity index (χ1n) is 9.64. The van der Waals surface area contributed by atoms with Crippen LogP contribution in [-0.2, 0) is 6.54 Å². The van der Waals surface area contributed by atoms with E-state index in [-0.39, 0.29) is 12.4 Å². The summed E-state index contributed by atoms with van der Waals surface area (Å²) in [4.78, 5) is 16.4. The normalized spacial score (nSPS) is 21.4. The van der Waals surface area contributed by atoms with Crippen molar-refractivity contribution in [3.05, 3.63) is 52.8 Å². The highest BCUT2D eigenvalue weighted by atomic mass is 35.5. The number of likely N-dealkylation sites (N-methyl/N-ethyl adjacent to an activating group) is 1. The molecule has 2 fully saturated rings. The molecule has 2 aromatic rings. The van der Waals surface area contributed by atoms with Crippen molar-refractivity contribution in [2.24, 2.45) is 0 Å². The zero-order chi connectivity index (χ0) is 18.6. The predicted molar refractivity (Wildman–Crippen MR) is 116 cm³/mol. The smallest absolute Gasteiger partial charge is 0.225 e. The van der Waals surface area contributed by atoms with Crippen molar-refractivity contribution in [1.29, 1.82) is 0 Å². The zero-order valence-corrected chi connectivity index (χ0v) is 17.8. The topological polar surface area (TPSA) is 47.5 Å². The van der Waals surface area contributed by atoms with Crippen LogP contribution in [0.1, 0.15) is 17.2 Å². The number of hydrogen-bond acceptors (Lipinski definition) is 6. The Morgan fingerprint density at radius 2 is 1.86 bits per heavy atom. The van der Waals surface area contributed by atoms with E-state index >= 15 is 0 Å². The first-order valence-corrected chi connectivity index (χ1v) is 10.0. The van der Waals surface area contributed by atoms with Gasteiger partial charge in [0.25, 0.3) is 0 Å². The van der Waals surface area contributed by atoms with E-state index in [1.165, 1.54) is 5.56 Å². The van der Waals surface area contributed by atoms with Gasteiger partial charge in [-0.05, 0) is 24.7 Å². The van der Waals surface area contributed by atoms with Gasteiger partial charge < -0.3 is 15.1 Å². The Bertz CT molecular complexity index is 749. The van der Waals surface area contributed by atoms with Gasteiger partial charge in [0.2, 0.25) is 5.95 Å². The number of benzene rings is 1. The van der Waals surface area contributed by atoms with Crippen LogP contribution in [0.15, 0.2) is 36.7 Å². The van der Waals surface area contributed by atoms with Crippen LogP contribution < -0.4 is 10.2 Å². The highest BCUT2D eigenvalue weighted by Crippen LogP contribution is 2.26. The van der Waals surface area contributed by atoms with Crippen molar-refractivity contribution in [3.8, 4) is 0 Å². The van der Waals surface area contributed by atoms with Gasteiger partial charge in [-0.1, -0.05) is 23.7 Å². The lowest BCUT2D eigenvalue weighted by molar-refractivity contribution is 0.153. The first kappa shape index (κ1) is 21.3. The number of aromatic nitrogens is 2. The highest BCUT2D eigenvalue weighted by molar-refractivity contribution is 6.30. The summed E-state index contributed by atoms with van der Waals surface area (Å²) in [5.41, 5.74) is 2.41. The van der Waals surface area contributed by atoms with E-state index in [1.807, 2.05) is 24.5 Å². The van der Waals surface area contributed by atoms with Gasteiger partial charge in [0.15, 0.2) is 0 Å². The molecule has 28 heavy (non-hydrogen) atoms. The third kappa shape index (κ3) is 5.13. The van der Waals surface area contributed by atoms with E-state index in [1.54, 1.807) is 0 Å². The Morgan fingerprint density at radius 1 is 1.11 bits per heavy atom. The fourth-order valence-corrected chi connectivity index (χ4v) is 4.01. The largest absolute Gasteiger partial charge is 0.338 e. The molecule has 2 saturated heterocycles. The number of anilines is 1. The zero-order valence-electron chi connectivity index (χ0n) is 16.2. The molecule has 0 saturated carbocycles. The number of nitrogens with zero attached hydrogens (tertiary/aromatic N) is 5. The van der Waals surface area contributed by atoms with Crippen LogP contribution in [0.25, 0.3) is 0 Å². The van der Waals surface area contributed by atoms with E-state index in [9.17, 15) is 0 Å². The summed E-state index contributed by atoms with van der Waals surface area (Å²) in [6.45, 7) is 7.88. The first-order chi connectivity index (χ1) is 13.2. The minimum atomic E-state index is 0. The molecule has 0 bridgehead atoms. The molecule has 1 N–H and O–H groups in total. The van der Waals surface area contributed by atoms with Crippen molar-refractivity contribution in [3.63, 3.8) is 0 Å². The standard InChI is InChI=1S/C20H27ClN6.ClH/c1-25-7-9-26(10-8-25)20-23-12-16(13-24-20)15-27-6-5-22-14-19(27)17-3-2-4-18(21)11-17;/h2-4,11-13,19,22H,5-10,14-15H2,1H3;1H. The maximum absolute atomic E-state index is 6.21. The minimum absolute atomic E-state index is 0. The molecule has 0 radical (unpaired) electrons. The van der Waals surface area contributed by atoms with Crippen LogP contribution in [0.4, 0.5) is 5.95 Å². The van der Waals surface area contributed by atoms with Gasteiger partial charge in [-0.2, -0.15) is 0 Å². The highest BCUT2D eigenvalue weighted by Gasteiger charge is 2.24. The molecule has 1 aromatic carbocycles. The van der Waals surface area contributed by atoms with E-state index in [0.717, 1.165) is 68.9 Å². The summed E-state index contributed by atoms with van der Waals surface area (Å²) in [7, 11) is 2.16. The monoisotopic (exact) mass is 422 g/mol. The molecule has 0 amide bonds. The molecule has 3 heterocycles. The molecule has 4 rings (SSSR count). The maximum atomic E-state index is 6.21. The van der Waals surface area contributed by atoms with Gasteiger partial charge in [-0.25, -0.2) is 9.97 Å². The van der Waals surface area contributed by atoms with Crippen LogP contribution >= 0.6 is 24.0 Å². The molecule has 2 aliphatic rings. The van der Waals surface area contributed by atoms with E-state index in [4.69, 9.17) is 11.6 Å². The molecule has 1 unspecified atom stereocenters. The van der Waals surface area contributed by atoms with Crippen molar-refractivity contribution < 1.29 is 0 Å². The fourth-order valence-electron chi connectivity index (χ4n) is 3.81. The molecule has 2 aliphatic heterocycles. The Morgan fingerprint density at radius 3 is 2.57 bits per heavy atom. The average molecular weight is 423 g/mol. The summed E-state index contributed by atoms with van der Waals surface area (Å²) in [5, 5.41) is 4.29. The molecule has 152 valence electrons. The third-order valence-corrected chi connectivity index (χ3v) is 5.69. The molecular weight excluding hydrogens is 395 g/mol. The van der Waals surface area contributed by atoms with Gasteiger partial charge in [-0.3, -0.25) is 4.90 Å². The van der Waals surface area contributed by atoms with E-state index in [0.29, 0.717) is 6.04 Å². The lowest BCUT2D eigenvalue weighted by Gasteiger charge is -2.36. The van der Waals surface area contributed by atoms with Gasteiger partial charge in [0, 0.05) is 81.4 Å². The number of hydrogen-bond donors (Lipinski definition) is 1.